The zero-order chi connectivity index (χ0) is 11.9. The van der Waals surface area contributed by atoms with Crippen LogP contribution in [0.5, 0.6) is 11.5 Å². The summed E-state index contributed by atoms with van der Waals surface area (Å²) >= 11 is 0. The summed E-state index contributed by atoms with van der Waals surface area (Å²) in [5, 5.41) is 3.45. The van der Waals surface area contributed by atoms with Crippen LogP contribution in [0.2, 0.25) is 0 Å². The van der Waals surface area contributed by atoms with Gasteiger partial charge in [-0.1, -0.05) is 36.4 Å². The first-order chi connectivity index (χ1) is 8.92. The topological polar surface area (TPSA) is 30.5 Å². The maximum atomic E-state index is 5.86. The quantitative estimate of drug-likeness (QED) is 0.829. The lowest BCUT2D eigenvalue weighted by Crippen LogP contribution is -2.33. The normalized spacial score (nSPS) is 21.0. The standard InChI is InChI=1S/C15H13NO2/c1-2-6-11-10(5-1)9-16-14(11)15-17-12-7-3-4-8-13(12)18-15/h1-8,14-16H,9H2. The summed E-state index contributed by atoms with van der Waals surface area (Å²) in [6.07, 6.45) is -0.272. The van der Waals surface area contributed by atoms with Gasteiger partial charge in [-0.15, -0.1) is 0 Å². The predicted molar refractivity (Wildman–Crippen MR) is 67.5 cm³/mol. The maximum Gasteiger partial charge on any atom is 0.260 e. The van der Waals surface area contributed by atoms with Gasteiger partial charge in [-0.05, 0) is 23.3 Å². The molecule has 0 spiro atoms. The van der Waals surface area contributed by atoms with Gasteiger partial charge < -0.3 is 9.47 Å². The van der Waals surface area contributed by atoms with Crippen molar-refractivity contribution in [2.24, 2.45) is 0 Å². The first-order valence-corrected chi connectivity index (χ1v) is 6.15. The summed E-state index contributed by atoms with van der Waals surface area (Å²) in [5.41, 5.74) is 2.60. The third-order valence-electron chi connectivity index (χ3n) is 3.51. The molecule has 0 radical (unpaired) electrons. The summed E-state index contributed by atoms with van der Waals surface area (Å²) in [4.78, 5) is 0. The molecule has 0 saturated carbocycles. The van der Waals surface area contributed by atoms with Crippen LogP contribution >= 0.6 is 0 Å². The van der Waals surface area contributed by atoms with Crippen molar-refractivity contribution in [3.8, 4) is 11.5 Å². The van der Waals surface area contributed by atoms with E-state index in [0.717, 1.165) is 18.0 Å². The largest absolute Gasteiger partial charge is 0.449 e. The summed E-state index contributed by atoms with van der Waals surface area (Å²) in [5.74, 6) is 1.65. The number of hydrogen-bond donors (Lipinski definition) is 1. The third-order valence-corrected chi connectivity index (χ3v) is 3.51. The Balaban J connectivity index is 1.65. The van der Waals surface area contributed by atoms with E-state index < -0.39 is 0 Å². The van der Waals surface area contributed by atoms with Crippen LogP contribution in [0.3, 0.4) is 0 Å². The average molecular weight is 239 g/mol. The molecular formula is C15H13NO2. The van der Waals surface area contributed by atoms with Gasteiger partial charge in [0.2, 0.25) is 0 Å². The highest BCUT2D eigenvalue weighted by molar-refractivity contribution is 5.43. The summed E-state index contributed by atoms with van der Waals surface area (Å²) in [6, 6.07) is 16.3. The Morgan fingerprint density at radius 3 is 2.33 bits per heavy atom. The summed E-state index contributed by atoms with van der Waals surface area (Å²) < 4.78 is 11.7. The van der Waals surface area contributed by atoms with E-state index in [0.29, 0.717) is 0 Å². The Morgan fingerprint density at radius 2 is 1.56 bits per heavy atom. The van der Waals surface area contributed by atoms with Crippen LogP contribution in [0.25, 0.3) is 0 Å². The van der Waals surface area contributed by atoms with E-state index in [1.165, 1.54) is 11.1 Å². The van der Waals surface area contributed by atoms with Gasteiger partial charge in [0.15, 0.2) is 11.5 Å². The van der Waals surface area contributed by atoms with Crippen LogP contribution in [0.1, 0.15) is 17.2 Å². The van der Waals surface area contributed by atoms with Crippen LogP contribution in [-0.2, 0) is 6.54 Å². The van der Waals surface area contributed by atoms with Gasteiger partial charge in [-0.3, -0.25) is 5.32 Å². The Morgan fingerprint density at radius 1 is 0.889 bits per heavy atom. The molecule has 2 aromatic rings. The van der Waals surface area contributed by atoms with Gasteiger partial charge in [0.05, 0.1) is 0 Å². The molecule has 2 heterocycles. The van der Waals surface area contributed by atoms with Crippen LogP contribution in [-0.4, -0.2) is 6.29 Å². The van der Waals surface area contributed by atoms with Gasteiger partial charge in [-0.25, -0.2) is 0 Å². The second-order valence-electron chi connectivity index (χ2n) is 4.61. The van der Waals surface area contributed by atoms with Crippen molar-refractivity contribution in [3.05, 3.63) is 59.7 Å². The van der Waals surface area contributed by atoms with E-state index >= 15 is 0 Å². The number of nitrogens with one attached hydrogen (secondary N) is 1. The molecule has 2 aliphatic heterocycles. The molecular weight excluding hydrogens is 226 g/mol. The highest BCUT2D eigenvalue weighted by atomic mass is 16.7. The molecule has 3 heteroatoms. The summed E-state index contributed by atoms with van der Waals surface area (Å²) in [6.45, 7) is 0.875. The van der Waals surface area contributed by atoms with E-state index in [9.17, 15) is 0 Å². The Bertz CT molecular complexity index is 572. The second kappa shape index (κ2) is 3.75. The van der Waals surface area contributed by atoms with Crippen molar-refractivity contribution in [2.75, 3.05) is 0 Å². The Labute approximate surface area is 105 Å². The van der Waals surface area contributed by atoms with Crippen LogP contribution in [0.4, 0.5) is 0 Å². The average Bonchev–Trinajstić information content (AvgIpc) is 3.02. The minimum absolute atomic E-state index is 0.105. The first kappa shape index (κ1) is 9.97. The van der Waals surface area contributed by atoms with E-state index in [1.807, 2.05) is 24.3 Å². The van der Waals surface area contributed by atoms with Gasteiger partial charge in [0, 0.05) is 6.54 Å². The predicted octanol–water partition coefficient (Wildman–Crippen LogP) is 2.63. The lowest BCUT2D eigenvalue weighted by Gasteiger charge is -2.18. The molecule has 0 amide bonds. The SMILES string of the molecule is c1ccc2c(c1)CNC2C1Oc2ccccc2O1. The Kier molecular flexibility index (Phi) is 2.08. The first-order valence-electron chi connectivity index (χ1n) is 6.15. The van der Waals surface area contributed by atoms with E-state index in [1.54, 1.807) is 0 Å². The zero-order valence-electron chi connectivity index (χ0n) is 9.80. The van der Waals surface area contributed by atoms with Crippen LogP contribution in [0, 0.1) is 0 Å². The second-order valence-corrected chi connectivity index (χ2v) is 4.61. The number of hydrogen-bond acceptors (Lipinski definition) is 3. The lowest BCUT2D eigenvalue weighted by atomic mass is 10.1. The highest BCUT2D eigenvalue weighted by Crippen LogP contribution is 2.39. The smallest absolute Gasteiger partial charge is 0.260 e. The van der Waals surface area contributed by atoms with Crippen LogP contribution in [0.15, 0.2) is 48.5 Å². The molecule has 0 saturated heterocycles. The van der Waals surface area contributed by atoms with E-state index in [4.69, 9.17) is 9.47 Å². The number of ether oxygens (including phenoxy) is 2. The number of para-hydroxylation sites is 2. The molecule has 4 rings (SSSR count). The van der Waals surface area contributed by atoms with Gasteiger partial charge >= 0.3 is 0 Å². The zero-order valence-corrected chi connectivity index (χ0v) is 9.80. The van der Waals surface area contributed by atoms with Crippen molar-refractivity contribution in [1.82, 2.24) is 5.32 Å². The molecule has 1 unspecified atom stereocenters. The molecule has 2 aromatic carbocycles. The maximum absolute atomic E-state index is 5.86. The van der Waals surface area contributed by atoms with Crippen molar-refractivity contribution in [2.45, 2.75) is 18.9 Å². The van der Waals surface area contributed by atoms with Crippen molar-refractivity contribution < 1.29 is 9.47 Å². The highest BCUT2D eigenvalue weighted by Gasteiger charge is 2.36. The fourth-order valence-corrected chi connectivity index (χ4v) is 2.63. The molecule has 0 fully saturated rings. The van der Waals surface area contributed by atoms with Gasteiger partial charge in [-0.2, -0.15) is 0 Å². The van der Waals surface area contributed by atoms with E-state index in [-0.39, 0.29) is 12.3 Å². The molecule has 1 atom stereocenters. The molecule has 90 valence electrons. The monoisotopic (exact) mass is 239 g/mol. The molecule has 18 heavy (non-hydrogen) atoms. The van der Waals surface area contributed by atoms with E-state index in [2.05, 4.69) is 29.6 Å². The number of benzene rings is 2. The minimum atomic E-state index is -0.272. The third kappa shape index (κ3) is 1.41. The fraction of sp³-hybridized carbons (Fsp3) is 0.200. The number of rotatable bonds is 1. The molecule has 0 aliphatic carbocycles. The lowest BCUT2D eigenvalue weighted by molar-refractivity contribution is 0.0165. The molecule has 2 aliphatic rings. The minimum Gasteiger partial charge on any atom is -0.449 e. The van der Waals surface area contributed by atoms with Crippen molar-refractivity contribution in [3.63, 3.8) is 0 Å². The fourth-order valence-electron chi connectivity index (χ4n) is 2.63. The Hall–Kier alpha value is -2.00. The molecule has 3 nitrogen and oxygen atoms in total. The van der Waals surface area contributed by atoms with Crippen molar-refractivity contribution in [1.29, 1.82) is 0 Å². The summed E-state index contributed by atoms with van der Waals surface area (Å²) in [7, 11) is 0. The number of fused-ring (bicyclic) bond motifs is 2. The van der Waals surface area contributed by atoms with Gasteiger partial charge in [0.1, 0.15) is 6.04 Å². The van der Waals surface area contributed by atoms with Gasteiger partial charge in [0.25, 0.3) is 6.29 Å². The molecule has 1 N–H and O–H groups in total. The van der Waals surface area contributed by atoms with Crippen molar-refractivity contribution >= 4 is 0 Å². The molecule has 0 bridgehead atoms. The molecule has 0 aromatic heterocycles. The van der Waals surface area contributed by atoms with Crippen LogP contribution < -0.4 is 14.8 Å².